The van der Waals surface area contributed by atoms with Crippen molar-refractivity contribution in [2.24, 2.45) is 0 Å². The zero-order chi connectivity index (χ0) is 15.6. The number of hydrogen-bond acceptors (Lipinski definition) is 2. The first-order valence-electron chi connectivity index (χ1n) is 7.43. The lowest BCUT2D eigenvalue weighted by Gasteiger charge is -2.14. The highest BCUT2D eigenvalue weighted by molar-refractivity contribution is 9.10. The summed E-state index contributed by atoms with van der Waals surface area (Å²) < 4.78 is 9.22. The first-order valence-corrected chi connectivity index (χ1v) is 8.22. The van der Waals surface area contributed by atoms with Crippen molar-refractivity contribution in [3.05, 3.63) is 44.7 Å². The van der Waals surface area contributed by atoms with E-state index in [9.17, 15) is 0 Å². The van der Waals surface area contributed by atoms with Crippen LogP contribution in [0.5, 0.6) is 5.75 Å². The van der Waals surface area contributed by atoms with E-state index >= 15 is 0 Å². The number of aryl methyl sites for hydroxylation is 4. The molecule has 1 heterocycles. The van der Waals surface area contributed by atoms with Crippen LogP contribution in [0.25, 0.3) is 0 Å². The summed E-state index contributed by atoms with van der Waals surface area (Å²) in [6, 6.07) is 4.25. The van der Waals surface area contributed by atoms with E-state index in [1.54, 1.807) is 0 Å². The number of nitrogens with zero attached hydrogens (tertiary/aromatic N) is 2. The zero-order valence-corrected chi connectivity index (χ0v) is 15.0. The number of ether oxygens (including phenoxy) is 1. The Hall–Kier alpha value is -1.29. The van der Waals surface area contributed by atoms with E-state index in [1.165, 1.54) is 16.7 Å². The molecule has 0 aliphatic carbocycles. The molecule has 0 radical (unpaired) electrons. The highest BCUT2D eigenvalue weighted by atomic mass is 79.9. The molecule has 0 spiro atoms. The summed E-state index contributed by atoms with van der Waals surface area (Å²) >= 11 is 3.66. The van der Waals surface area contributed by atoms with E-state index in [2.05, 4.69) is 67.8 Å². The molecule has 2 aromatic rings. The van der Waals surface area contributed by atoms with E-state index in [0.717, 1.165) is 34.6 Å². The second-order valence-electron chi connectivity index (χ2n) is 5.32. The van der Waals surface area contributed by atoms with Gasteiger partial charge in [0, 0.05) is 6.54 Å². The molecule has 0 aliphatic heterocycles. The summed E-state index contributed by atoms with van der Waals surface area (Å²) in [6.07, 6.45) is 0.920. The van der Waals surface area contributed by atoms with Gasteiger partial charge in [0.05, 0.1) is 15.9 Å². The normalized spacial score (nSPS) is 11.0. The minimum atomic E-state index is 0.534. The molecule has 21 heavy (non-hydrogen) atoms. The molecule has 0 unspecified atom stereocenters. The van der Waals surface area contributed by atoms with Crippen LogP contribution in [0, 0.1) is 20.8 Å². The Morgan fingerprint density at radius 2 is 1.81 bits per heavy atom. The standard InChI is InChI=1S/C17H23BrN2O/c1-6-14-16(18)15(20(7-2)19-14)10-21-17-12(4)9-8-11(3)13(17)5/h8-9H,6-7,10H2,1-5H3. The molecular weight excluding hydrogens is 328 g/mol. The van der Waals surface area contributed by atoms with Crippen LogP contribution in [0.3, 0.4) is 0 Å². The Balaban J connectivity index is 2.29. The van der Waals surface area contributed by atoms with Gasteiger partial charge in [-0.2, -0.15) is 5.10 Å². The van der Waals surface area contributed by atoms with Crippen LogP contribution in [0.1, 0.15) is 41.9 Å². The van der Waals surface area contributed by atoms with Crippen molar-refractivity contribution in [3.63, 3.8) is 0 Å². The monoisotopic (exact) mass is 350 g/mol. The van der Waals surface area contributed by atoms with Crippen LogP contribution in [-0.4, -0.2) is 9.78 Å². The average Bonchev–Trinajstić information content (AvgIpc) is 2.79. The Bertz CT molecular complexity index is 647. The van der Waals surface area contributed by atoms with Crippen LogP contribution in [0.4, 0.5) is 0 Å². The fourth-order valence-electron chi connectivity index (χ4n) is 2.44. The lowest BCUT2D eigenvalue weighted by molar-refractivity contribution is 0.287. The van der Waals surface area contributed by atoms with Crippen molar-refractivity contribution in [2.45, 2.75) is 54.2 Å². The van der Waals surface area contributed by atoms with Gasteiger partial charge in [-0.05, 0) is 66.7 Å². The second-order valence-corrected chi connectivity index (χ2v) is 6.11. The molecule has 2 rings (SSSR count). The van der Waals surface area contributed by atoms with Gasteiger partial charge in [-0.1, -0.05) is 19.1 Å². The van der Waals surface area contributed by atoms with Gasteiger partial charge < -0.3 is 4.74 Å². The summed E-state index contributed by atoms with van der Waals surface area (Å²) in [5.74, 6) is 0.990. The lowest BCUT2D eigenvalue weighted by Crippen LogP contribution is -2.08. The van der Waals surface area contributed by atoms with Crippen LogP contribution < -0.4 is 4.74 Å². The highest BCUT2D eigenvalue weighted by Gasteiger charge is 2.15. The Morgan fingerprint density at radius 1 is 1.14 bits per heavy atom. The fourth-order valence-corrected chi connectivity index (χ4v) is 3.12. The quantitative estimate of drug-likeness (QED) is 0.779. The molecule has 0 saturated heterocycles. The Kier molecular flexibility index (Phi) is 5.09. The molecule has 0 aliphatic rings. The molecule has 4 heteroatoms. The van der Waals surface area contributed by atoms with E-state index in [-0.39, 0.29) is 0 Å². The van der Waals surface area contributed by atoms with Crippen molar-refractivity contribution < 1.29 is 4.74 Å². The maximum absolute atomic E-state index is 6.12. The third kappa shape index (κ3) is 3.15. The molecular formula is C17H23BrN2O. The largest absolute Gasteiger partial charge is 0.487 e. The molecule has 1 aromatic heterocycles. The molecule has 0 saturated carbocycles. The number of hydrogen-bond donors (Lipinski definition) is 0. The number of halogens is 1. The molecule has 0 N–H and O–H groups in total. The third-order valence-corrected chi connectivity index (χ3v) is 4.84. The highest BCUT2D eigenvalue weighted by Crippen LogP contribution is 2.28. The van der Waals surface area contributed by atoms with Crippen molar-refractivity contribution in [1.82, 2.24) is 9.78 Å². The minimum Gasteiger partial charge on any atom is -0.487 e. The predicted octanol–water partition coefficient (Wildman–Crippen LogP) is 4.73. The van der Waals surface area contributed by atoms with Crippen LogP contribution in [0.2, 0.25) is 0 Å². The molecule has 0 bridgehead atoms. The topological polar surface area (TPSA) is 27.1 Å². The van der Waals surface area contributed by atoms with Gasteiger partial charge in [0.25, 0.3) is 0 Å². The fraction of sp³-hybridized carbons (Fsp3) is 0.471. The maximum Gasteiger partial charge on any atom is 0.131 e. The van der Waals surface area contributed by atoms with E-state index < -0.39 is 0 Å². The summed E-state index contributed by atoms with van der Waals surface area (Å²) in [4.78, 5) is 0. The SMILES string of the molecule is CCc1nn(CC)c(COc2c(C)ccc(C)c2C)c1Br. The van der Waals surface area contributed by atoms with Crippen molar-refractivity contribution in [1.29, 1.82) is 0 Å². The summed E-state index contributed by atoms with van der Waals surface area (Å²) in [5, 5.41) is 4.61. The molecule has 3 nitrogen and oxygen atoms in total. The van der Waals surface area contributed by atoms with Gasteiger partial charge in [-0.25, -0.2) is 0 Å². The maximum atomic E-state index is 6.12. The number of benzene rings is 1. The van der Waals surface area contributed by atoms with Gasteiger partial charge >= 0.3 is 0 Å². The Morgan fingerprint density at radius 3 is 2.43 bits per heavy atom. The number of rotatable bonds is 5. The first-order chi connectivity index (χ1) is 9.99. The van der Waals surface area contributed by atoms with E-state index in [0.29, 0.717) is 6.61 Å². The average molecular weight is 351 g/mol. The van der Waals surface area contributed by atoms with E-state index in [4.69, 9.17) is 4.74 Å². The van der Waals surface area contributed by atoms with Gasteiger partial charge in [-0.3, -0.25) is 4.68 Å². The van der Waals surface area contributed by atoms with Crippen LogP contribution >= 0.6 is 15.9 Å². The predicted molar refractivity (Wildman–Crippen MR) is 90.0 cm³/mol. The minimum absolute atomic E-state index is 0.534. The smallest absolute Gasteiger partial charge is 0.131 e. The van der Waals surface area contributed by atoms with Gasteiger partial charge in [0.1, 0.15) is 12.4 Å². The molecule has 114 valence electrons. The van der Waals surface area contributed by atoms with Crippen molar-refractivity contribution in [2.75, 3.05) is 0 Å². The van der Waals surface area contributed by atoms with Crippen LogP contribution in [0.15, 0.2) is 16.6 Å². The summed E-state index contributed by atoms with van der Waals surface area (Å²) in [7, 11) is 0. The van der Waals surface area contributed by atoms with Gasteiger partial charge in [0.15, 0.2) is 0 Å². The molecule has 0 amide bonds. The van der Waals surface area contributed by atoms with E-state index in [1.807, 2.05) is 4.68 Å². The van der Waals surface area contributed by atoms with Crippen molar-refractivity contribution in [3.8, 4) is 5.75 Å². The molecule has 1 aromatic carbocycles. The lowest BCUT2D eigenvalue weighted by atomic mass is 10.1. The Labute approximate surface area is 135 Å². The third-order valence-electron chi connectivity index (χ3n) is 3.92. The number of aromatic nitrogens is 2. The van der Waals surface area contributed by atoms with Crippen molar-refractivity contribution >= 4 is 15.9 Å². The molecule has 0 fully saturated rings. The second kappa shape index (κ2) is 6.65. The first kappa shape index (κ1) is 16.1. The summed E-state index contributed by atoms with van der Waals surface area (Å²) in [6.45, 7) is 11.9. The zero-order valence-electron chi connectivity index (χ0n) is 13.5. The van der Waals surface area contributed by atoms with Crippen LogP contribution in [-0.2, 0) is 19.6 Å². The summed E-state index contributed by atoms with van der Waals surface area (Å²) in [5.41, 5.74) is 5.84. The van der Waals surface area contributed by atoms with Gasteiger partial charge in [0.2, 0.25) is 0 Å². The molecule has 0 atom stereocenters. The van der Waals surface area contributed by atoms with Gasteiger partial charge in [-0.15, -0.1) is 0 Å².